The number of carbonyl (C=O) groups is 1. The number of sulfonamides is 1. The largest absolute Gasteiger partial charge is 0.506 e. The van der Waals surface area contributed by atoms with E-state index in [-0.39, 0.29) is 62.8 Å². The standard InChI is InChI=1S/C29H31NO8S/c1-36-22-12-7-13-23(37-2)28(22)39(34,35)30-19-9-6-8-18(16-19)24(17-14-15-17)26-27(32)25-20(31)10-4-3-5-11-21(25)38-29(26)33/h6-9,12-13,16-17,24,30,32H,3-5,10-11,14-15H2,1-2H3. The summed E-state index contributed by atoms with van der Waals surface area (Å²) in [7, 11) is -1.38. The third-order valence-electron chi connectivity index (χ3n) is 7.35. The van der Waals surface area contributed by atoms with Crippen molar-refractivity contribution in [3.8, 4) is 17.2 Å². The normalized spacial score (nSPS) is 16.5. The second-order valence-corrected chi connectivity index (χ2v) is 11.6. The van der Waals surface area contributed by atoms with Crippen LogP contribution in [0.5, 0.6) is 17.2 Å². The Morgan fingerprint density at radius 1 is 0.974 bits per heavy atom. The number of benzene rings is 2. The Balaban J connectivity index is 1.56. The number of hydrogen-bond donors (Lipinski definition) is 2. The highest BCUT2D eigenvalue weighted by Gasteiger charge is 2.39. The Hall–Kier alpha value is -3.79. The number of fused-ring (bicyclic) bond motifs is 1. The number of Topliss-reactive ketones (excluding diaryl/α,β-unsaturated/α-hetero) is 1. The summed E-state index contributed by atoms with van der Waals surface area (Å²) < 4.78 is 45.6. The Labute approximate surface area is 226 Å². The molecular weight excluding hydrogens is 522 g/mol. The lowest BCUT2D eigenvalue weighted by Gasteiger charge is -2.21. The highest BCUT2D eigenvalue weighted by molar-refractivity contribution is 7.93. The monoisotopic (exact) mass is 553 g/mol. The van der Waals surface area contributed by atoms with E-state index in [4.69, 9.17) is 13.9 Å². The lowest BCUT2D eigenvalue weighted by molar-refractivity contribution is 0.0968. The third kappa shape index (κ3) is 5.25. The van der Waals surface area contributed by atoms with Crippen LogP contribution in [0.4, 0.5) is 5.69 Å². The lowest BCUT2D eigenvalue weighted by atomic mass is 9.85. The lowest BCUT2D eigenvalue weighted by Crippen LogP contribution is -2.21. The van der Waals surface area contributed by atoms with Gasteiger partial charge in [0, 0.05) is 24.4 Å². The van der Waals surface area contributed by atoms with Gasteiger partial charge in [-0.3, -0.25) is 9.52 Å². The summed E-state index contributed by atoms with van der Waals surface area (Å²) in [5.41, 5.74) is 0.385. The van der Waals surface area contributed by atoms with Crippen LogP contribution in [0.1, 0.15) is 71.7 Å². The molecule has 5 rings (SSSR count). The van der Waals surface area contributed by atoms with Crippen molar-refractivity contribution < 1.29 is 32.2 Å². The van der Waals surface area contributed by atoms with Crippen molar-refractivity contribution >= 4 is 21.5 Å². The molecule has 2 N–H and O–H groups in total. The van der Waals surface area contributed by atoms with Crippen molar-refractivity contribution in [1.29, 1.82) is 0 Å². The molecule has 2 aromatic carbocycles. The van der Waals surface area contributed by atoms with Gasteiger partial charge in [-0.1, -0.05) is 24.6 Å². The van der Waals surface area contributed by atoms with E-state index in [2.05, 4.69) is 4.72 Å². The Kier molecular flexibility index (Phi) is 7.40. The summed E-state index contributed by atoms with van der Waals surface area (Å²) in [6, 6.07) is 11.4. The van der Waals surface area contributed by atoms with Gasteiger partial charge in [-0.15, -0.1) is 0 Å². The van der Waals surface area contributed by atoms with Crippen LogP contribution in [0.2, 0.25) is 0 Å². The van der Waals surface area contributed by atoms with E-state index < -0.39 is 21.6 Å². The summed E-state index contributed by atoms with van der Waals surface area (Å²) in [4.78, 5) is 26.0. The van der Waals surface area contributed by atoms with Gasteiger partial charge in [-0.05, 0) is 61.4 Å². The molecule has 0 aliphatic heterocycles. The second kappa shape index (κ2) is 10.8. The van der Waals surface area contributed by atoms with Gasteiger partial charge in [0.2, 0.25) is 0 Å². The molecule has 0 saturated heterocycles. The van der Waals surface area contributed by atoms with Crippen LogP contribution in [0, 0.1) is 5.92 Å². The van der Waals surface area contributed by atoms with Gasteiger partial charge in [-0.25, -0.2) is 13.2 Å². The van der Waals surface area contributed by atoms with Gasteiger partial charge in [-0.2, -0.15) is 0 Å². The molecule has 1 unspecified atom stereocenters. The summed E-state index contributed by atoms with van der Waals surface area (Å²) in [6.07, 6.45) is 4.69. The molecule has 3 aromatic rings. The fourth-order valence-electron chi connectivity index (χ4n) is 5.38. The number of ether oxygens (including phenoxy) is 2. The molecule has 1 atom stereocenters. The molecule has 0 bridgehead atoms. The number of anilines is 1. The van der Waals surface area contributed by atoms with E-state index >= 15 is 0 Å². The number of methoxy groups -OCH3 is 2. The topological polar surface area (TPSA) is 132 Å². The SMILES string of the molecule is COc1cccc(OC)c1S(=O)(=O)Nc1cccc(C(c2c(O)c3c(oc2=O)CCCCCC3=O)C2CC2)c1. The van der Waals surface area contributed by atoms with E-state index in [1.807, 2.05) is 0 Å². The van der Waals surface area contributed by atoms with Crippen molar-refractivity contribution in [1.82, 2.24) is 0 Å². The average Bonchev–Trinajstić information content (AvgIpc) is 3.74. The molecule has 39 heavy (non-hydrogen) atoms. The van der Waals surface area contributed by atoms with Gasteiger partial charge < -0.3 is 19.0 Å². The molecule has 0 amide bonds. The Morgan fingerprint density at radius 2 is 1.64 bits per heavy atom. The van der Waals surface area contributed by atoms with Crippen LogP contribution >= 0.6 is 0 Å². The fourth-order valence-corrected chi connectivity index (χ4v) is 6.75. The minimum absolute atomic E-state index is 0.0432. The van der Waals surface area contributed by atoms with Gasteiger partial charge in [0.15, 0.2) is 10.7 Å². The molecule has 2 aliphatic carbocycles. The van der Waals surface area contributed by atoms with Crippen LogP contribution in [-0.4, -0.2) is 33.5 Å². The first kappa shape index (κ1) is 26.8. The number of nitrogens with one attached hydrogen (secondary N) is 1. The second-order valence-electron chi connectivity index (χ2n) is 9.97. The summed E-state index contributed by atoms with van der Waals surface area (Å²) in [6.45, 7) is 0. The Bertz CT molecular complexity index is 1550. The molecule has 1 heterocycles. The fraction of sp³-hybridized carbons (Fsp3) is 0.379. The molecule has 1 fully saturated rings. The van der Waals surface area contributed by atoms with Crippen LogP contribution in [0.25, 0.3) is 0 Å². The first-order valence-corrected chi connectivity index (χ1v) is 14.5. The molecule has 9 nitrogen and oxygen atoms in total. The zero-order valence-electron chi connectivity index (χ0n) is 21.9. The highest BCUT2D eigenvalue weighted by Crippen LogP contribution is 2.49. The number of aromatic hydroxyl groups is 1. The quantitative estimate of drug-likeness (QED) is 0.398. The van der Waals surface area contributed by atoms with Crippen LogP contribution < -0.4 is 19.8 Å². The van der Waals surface area contributed by atoms with Gasteiger partial charge >= 0.3 is 5.63 Å². The summed E-state index contributed by atoms with van der Waals surface area (Å²) in [5.74, 6) is -0.558. The number of rotatable bonds is 8. The minimum atomic E-state index is -4.13. The molecule has 0 spiro atoms. The van der Waals surface area contributed by atoms with Gasteiger partial charge in [0.25, 0.3) is 10.0 Å². The maximum Gasteiger partial charge on any atom is 0.343 e. The summed E-state index contributed by atoms with van der Waals surface area (Å²) >= 11 is 0. The summed E-state index contributed by atoms with van der Waals surface area (Å²) in [5, 5.41) is 11.3. The molecule has 1 saturated carbocycles. The molecule has 0 radical (unpaired) electrons. The smallest absolute Gasteiger partial charge is 0.343 e. The van der Waals surface area contributed by atoms with Crippen molar-refractivity contribution in [2.45, 2.75) is 55.8 Å². The molecule has 10 heteroatoms. The average molecular weight is 554 g/mol. The maximum atomic E-state index is 13.4. The van der Waals surface area contributed by atoms with Crippen LogP contribution in [0.15, 0.2) is 56.6 Å². The van der Waals surface area contributed by atoms with E-state index in [0.29, 0.717) is 12.0 Å². The molecular formula is C29H31NO8S. The number of hydrogen-bond acceptors (Lipinski definition) is 8. The van der Waals surface area contributed by atoms with Gasteiger partial charge in [0.1, 0.15) is 23.0 Å². The third-order valence-corrected chi connectivity index (χ3v) is 8.79. The Morgan fingerprint density at radius 3 is 2.31 bits per heavy atom. The first-order valence-electron chi connectivity index (χ1n) is 13.0. The highest BCUT2D eigenvalue weighted by atomic mass is 32.2. The first-order chi connectivity index (χ1) is 18.7. The molecule has 206 valence electrons. The van der Waals surface area contributed by atoms with E-state index in [1.165, 1.54) is 26.4 Å². The predicted molar refractivity (Wildman–Crippen MR) is 145 cm³/mol. The predicted octanol–water partition coefficient (Wildman–Crippen LogP) is 5.00. The van der Waals surface area contributed by atoms with Crippen LogP contribution in [-0.2, 0) is 16.4 Å². The molecule has 2 aliphatic rings. The zero-order valence-corrected chi connectivity index (χ0v) is 22.7. The van der Waals surface area contributed by atoms with E-state index in [1.54, 1.807) is 30.3 Å². The van der Waals surface area contributed by atoms with Crippen LogP contribution in [0.3, 0.4) is 0 Å². The zero-order chi connectivity index (χ0) is 27.7. The van der Waals surface area contributed by atoms with Crippen molar-refractivity contribution in [3.63, 3.8) is 0 Å². The van der Waals surface area contributed by atoms with Gasteiger partial charge in [0.05, 0.1) is 25.3 Å². The van der Waals surface area contributed by atoms with Crippen molar-refractivity contribution in [2.24, 2.45) is 5.92 Å². The van der Waals surface area contributed by atoms with E-state index in [9.17, 15) is 23.1 Å². The number of aryl methyl sites for hydroxylation is 1. The minimum Gasteiger partial charge on any atom is -0.506 e. The maximum absolute atomic E-state index is 13.4. The number of ketones is 1. The van der Waals surface area contributed by atoms with Crippen molar-refractivity contribution in [2.75, 3.05) is 18.9 Å². The van der Waals surface area contributed by atoms with E-state index in [0.717, 1.165) is 32.1 Å². The number of carbonyl (C=O) groups excluding carboxylic acids is 1. The molecule has 1 aromatic heterocycles. The van der Waals surface area contributed by atoms with Crippen molar-refractivity contribution in [3.05, 3.63) is 75.3 Å².